The van der Waals surface area contributed by atoms with E-state index in [0.29, 0.717) is 11.7 Å². The summed E-state index contributed by atoms with van der Waals surface area (Å²) in [5.74, 6) is 1.53. The van der Waals surface area contributed by atoms with Crippen molar-refractivity contribution in [3.05, 3.63) is 35.9 Å². The van der Waals surface area contributed by atoms with Gasteiger partial charge in [-0.15, -0.1) is 0 Å². The minimum Gasteiger partial charge on any atom is -0.409 e. The van der Waals surface area contributed by atoms with Crippen LogP contribution >= 0.6 is 11.8 Å². The Morgan fingerprint density at radius 3 is 2.85 bits per heavy atom. The molecule has 20 heavy (non-hydrogen) atoms. The first kappa shape index (κ1) is 15.2. The number of nitrogens with two attached hydrogens (primary N) is 1. The number of benzene rings is 1. The zero-order valence-corrected chi connectivity index (χ0v) is 12.5. The Bertz CT molecular complexity index is 418. The van der Waals surface area contributed by atoms with Crippen molar-refractivity contribution in [3.8, 4) is 0 Å². The van der Waals surface area contributed by atoms with E-state index in [1.807, 2.05) is 18.2 Å². The van der Waals surface area contributed by atoms with Gasteiger partial charge in [0, 0.05) is 24.3 Å². The van der Waals surface area contributed by atoms with E-state index < -0.39 is 0 Å². The predicted octanol–water partition coefficient (Wildman–Crippen LogP) is 2.74. The molecule has 1 saturated heterocycles. The monoisotopic (exact) mass is 293 g/mol. The molecule has 2 atom stereocenters. The van der Waals surface area contributed by atoms with Crippen LogP contribution in [-0.4, -0.2) is 28.6 Å². The van der Waals surface area contributed by atoms with Crippen LogP contribution in [0.3, 0.4) is 0 Å². The summed E-state index contributed by atoms with van der Waals surface area (Å²) in [4.78, 5) is 0. The second kappa shape index (κ2) is 8.17. The van der Waals surface area contributed by atoms with E-state index in [9.17, 15) is 0 Å². The summed E-state index contributed by atoms with van der Waals surface area (Å²) in [6.07, 6.45) is 4.48. The van der Waals surface area contributed by atoms with Crippen molar-refractivity contribution in [2.24, 2.45) is 10.9 Å². The van der Waals surface area contributed by atoms with Crippen LogP contribution in [0.2, 0.25) is 0 Å². The van der Waals surface area contributed by atoms with Crippen LogP contribution in [0.25, 0.3) is 0 Å². The minimum atomic E-state index is 0.106. The molecule has 1 aromatic carbocycles. The van der Waals surface area contributed by atoms with Crippen molar-refractivity contribution >= 4 is 17.6 Å². The lowest BCUT2D eigenvalue weighted by Crippen LogP contribution is -2.32. The number of rotatable bonds is 6. The van der Waals surface area contributed by atoms with E-state index in [4.69, 9.17) is 10.9 Å². The van der Waals surface area contributed by atoms with Gasteiger partial charge < -0.3 is 16.3 Å². The average molecular weight is 293 g/mol. The van der Waals surface area contributed by atoms with Crippen LogP contribution < -0.4 is 11.1 Å². The first-order valence-corrected chi connectivity index (χ1v) is 8.21. The second-order valence-electron chi connectivity index (χ2n) is 5.16. The van der Waals surface area contributed by atoms with Gasteiger partial charge in [-0.05, 0) is 24.2 Å². The van der Waals surface area contributed by atoms with Crippen LogP contribution in [0.4, 0.5) is 0 Å². The summed E-state index contributed by atoms with van der Waals surface area (Å²) in [6.45, 7) is 0.975. The molecule has 110 valence electrons. The first-order chi connectivity index (χ1) is 9.79. The molecule has 1 aromatic rings. The number of hydrogen-bond acceptors (Lipinski definition) is 4. The first-order valence-electron chi connectivity index (χ1n) is 7.16. The molecule has 0 spiro atoms. The lowest BCUT2D eigenvalue weighted by molar-refractivity contribution is 0.315. The average Bonchev–Trinajstić information content (AvgIpc) is 2.53. The highest BCUT2D eigenvalue weighted by Crippen LogP contribution is 2.25. The van der Waals surface area contributed by atoms with E-state index in [1.165, 1.54) is 30.6 Å². The van der Waals surface area contributed by atoms with Crippen LogP contribution in [0.1, 0.15) is 37.3 Å². The van der Waals surface area contributed by atoms with E-state index in [2.05, 4.69) is 34.4 Å². The molecule has 0 amide bonds. The smallest absolute Gasteiger partial charge is 0.141 e. The largest absolute Gasteiger partial charge is 0.409 e. The van der Waals surface area contributed by atoms with Crippen molar-refractivity contribution in [1.82, 2.24) is 5.32 Å². The molecule has 5 heteroatoms. The van der Waals surface area contributed by atoms with Crippen molar-refractivity contribution in [3.63, 3.8) is 0 Å². The fourth-order valence-electron chi connectivity index (χ4n) is 2.49. The Kier molecular flexibility index (Phi) is 6.21. The number of amidine groups is 1. The van der Waals surface area contributed by atoms with Crippen LogP contribution in [-0.2, 0) is 0 Å². The molecule has 1 aliphatic heterocycles. The third kappa shape index (κ3) is 4.72. The Labute approximate surface area is 124 Å². The van der Waals surface area contributed by atoms with Gasteiger partial charge in [0.1, 0.15) is 5.84 Å². The number of oxime groups is 1. The van der Waals surface area contributed by atoms with Gasteiger partial charge in [-0.25, -0.2) is 0 Å². The van der Waals surface area contributed by atoms with Crippen molar-refractivity contribution in [2.45, 2.75) is 37.0 Å². The molecule has 4 N–H and O–H groups in total. The molecule has 1 aliphatic rings. The number of nitrogens with one attached hydrogen (secondary N) is 1. The standard InChI is InChI=1S/C15H23N3OS/c16-15(18-19)10-14(12-6-2-1-3-7-12)17-11-13-8-4-5-9-20-13/h1-3,6-7,13-14,17,19H,4-5,8-11H2,(H2,16,18). The number of hydrogen-bond donors (Lipinski definition) is 3. The highest BCUT2D eigenvalue weighted by molar-refractivity contribution is 7.99. The molecule has 0 radical (unpaired) electrons. The third-order valence-corrected chi connectivity index (χ3v) is 5.01. The van der Waals surface area contributed by atoms with Crippen molar-refractivity contribution in [2.75, 3.05) is 12.3 Å². The lowest BCUT2D eigenvalue weighted by Gasteiger charge is -2.25. The maximum Gasteiger partial charge on any atom is 0.141 e. The molecule has 4 nitrogen and oxygen atoms in total. The quantitative estimate of drug-likeness (QED) is 0.326. The third-order valence-electron chi connectivity index (χ3n) is 3.61. The molecule has 0 aromatic heterocycles. The molecule has 1 fully saturated rings. The molecule has 0 aliphatic carbocycles. The van der Waals surface area contributed by atoms with Crippen molar-refractivity contribution < 1.29 is 5.21 Å². The van der Waals surface area contributed by atoms with Gasteiger partial charge in [-0.3, -0.25) is 0 Å². The Morgan fingerprint density at radius 1 is 1.40 bits per heavy atom. The second-order valence-corrected chi connectivity index (χ2v) is 6.56. The Balaban J connectivity index is 1.95. The summed E-state index contributed by atoms with van der Waals surface area (Å²) >= 11 is 2.05. The summed E-state index contributed by atoms with van der Waals surface area (Å²) in [7, 11) is 0. The van der Waals surface area contributed by atoms with Gasteiger partial charge in [-0.2, -0.15) is 11.8 Å². The van der Waals surface area contributed by atoms with Gasteiger partial charge in [0.15, 0.2) is 0 Å². The molecule has 0 bridgehead atoms. The number of thioether (sulfide) groups is 1. The lowest BCUT2D eigenvalue weighted by atomic mass is 10.0. The summed E-state index contributed by atoms with van der Waals surface area (Å²) in [5, 5.41) is 16.1. The fraction of sp³-hybridized carbons (Fsp3) is 0.533. The summed E-state index contributed by atoms with van der Waals surface area (Å²) in [5.41, 5.74) is 6.86. The van der Waals surface area contributed by atoms with Gasteiger partial charge in [-0.1, -0.05) is 41.9 Å². The van der Waals surface area contributed by atoms with Crippen LogP contribution in [0.15, 0.2) is 35.5 Å². The van der Waals surface area contributed by atoms with Crippen LogP contribution in [0, 0.1) is 0 Å². The molecule has 0 saturated carbocycles. The molecule has 1 heterocycles. The normalized spacial score (nSPS) is 21.6. The Hall–Kier alpha value is -1.20. The van der Waals surface area contributed by atoms with E-state index >= 15 is 0 Å². The predicted molar refractivity (Wildman–Crippen MR) is 85.3 cm³/mol. The van der Waals surface area contributed by atoms with Gasteiger partial charge in [0.05, 0.1) is 0 Å². The highest BCUT2D eigenvalue weighted by Gasteiger charge is 2.18. The van der Waals surface area contributed by atoms with E-state index in [-0.39, 0.29) is 11.9 Å². The zero-order valence-electron chi connectivity index (χ0n) is 11.7. The molecule has 2 unspecified atom stereocenters. The van der Waals surface area contributed by atoms with Gasteiger partial charge in [0.25, 0.3) is 0 Å². The minimum absolute atomic E-state index is 0.106. The SMILES string of the molecule is N/C(CC(NCC1CCCCS1)c1ccccc1)=N/O. The van der Waals surface area contributed by atoms with Crippen LogP contribution in [0.5, 0.6) is 0 Å². The molecular weight excluding hydrogens is 270 g/mol. The maximum absolute atomic E-state index is 8.78. The number of nitrogens with zero attached hydrogens (tertiary/aromatic N) is 1. The topological polar surface area (TPSA) is 70.6 Å². The summed E-state index contributed by atoms with van der Waals surface area (Å²) in [6, 6.07) is 10.3. The zero-order chi connectivity index (χ0) is 14.2. The fourth-order valence-corrected chi connectivity index (χ4v) is 3.74. The molecular formula is C15H23N3OS. The highest BCUT2D eigenvalue weighted by atomic mass is 32.2. The van der Waals surface area contributed by atoms with Gasteiger partial charge >= 0.3 is 0 Å². The van der Waals surface area contributed by atoms with Gasteiger partial charge in [0.2, 0.25) is 0 Å². The van der Waals surface area contributed by atoms with E-state index in [1.54, 1.807) is 0 Å². The summed E-state index contributed by atoms with van der Waals surface area (Å²) < 4.78 is 0. The van der Waals surface area contributed by atoms with Crippen molar-refractivity contribution in [1.29, 1.82) is 0 Å². The Morgan fingerprint density at radius 2 is 2.20 bits per heavy atom. The molecule has 2 rings (SSSR count). The van der Waals surface area contributed by atoms with E-state index in [0.717, 1.165) is 6.54 Å². The maximum atomic E-state index is 8.78.